The van der Waals surface area contributed by atoms with Gasteiger partial charge in [0.2, 0.25) is 17.5 Å². The zero-order valence-electron chi connectivity index (χ0n) is 13.9. The maximum absolute atomic E-state index is 11.3. The largest absolute Gasteiger partial charge is 0.366 e. The summed E-state index contributed by atoms with van der Waals surface area (Å²) < 4.78 is 0. The molecule has 3 rings (SSSR count). The molecular weight excluding hydrogens is 332 g/mol. The number of carbonyl (C=O) groups is 1. The molecule has 1 amide bonds. The minimum Gasteiger partial charge on any atom is -0.366 e. The lowest BCUT2D eigenvalue weighted by atomic mass is 10.2. The molecule has 0 aliphatic carbocycles. The van der Waals surface area contributed by atoms with Gasteiger partial charge in [-0.2, -0.15) is 10.5 Å². The lowest BCUT2D eigenvalue weighted by Gasteiger charge is -2.10. The maximum Gasteiger partial charge on any atom is 0.248 e. The summed E-state index contributed by atoms with van der Waals surface area (Å²) in [5.74, 6) is 0.303. The Morgan fingerprint density at radius 2 is 1.96 bits per heavy atom. The molecule has 0 fully saturated rings. The van der Waals surface area contributed by atoms with E-state index in [1.807, 2.05) is 30.3 Å². The van der Waals surface area contributed by atoms with Crippen LogP contribution in [0.4, 0.5) is 23.1 Å². The molecule has 7 N–H and O–H groups in total. The van der Waals surface area contributed by atoms with Gasteiger partial charge in [0, 0.05) is 17.8 Å². The lowest BCUT2D eigenvalue weighted by Crippen LogP contribution is -2.74. The summed E-state index contributed by atoms with van der Waals surface area (Å²) >= 11 is 0. The van der Waals surface area contributed by atoms with Crippen LogP contribution in [0.25, 0.3) is 0 Å². The van der Waals surface area contributed by atoms with Gasteiger partial charge in [-0.05, 0) is 23.8 Å². The summed E-state index contributed by atoms with van der Waals surface area (Å²) in [7, 11) is 0. The molecule has 2 aromatic carbocycles. The second-order valence-corrected chi connectivity index (χ2v) is 5.54. The molecule has 1 aromatic heterocycles. The highest BCUT2D eigenvalue weighted by molar-refractivity contribution is 5.93. The average molecular weight is 351 g/mol. The number of carbonyl (C=O) groups excluding carboxylic acids is 1. The predicted molar refractivity (Wildman–Crippen MR) is 97.4 cm³/mol. The number of nitrogens with zero attached hydrogens (tertiary/aromatic N) is 2. The zero-order chi connectivity index (χ0) is 18.4. The topological polar surface area (TPSA) is 130 Å². The van der Waals surface area contributed by atoms with Crippen LogP contribution in [0, 0.1) is 0 Å². The highest BCUT2D eigenvalue weighted by Gasteiger charge is 2.11. The number of nitrogens with one attached hydrogen (secondary N) is 2. The van der Waals surface area contributed by atoms with Crippen molar-refractivity contribution in [2.24, 2.45) is 5.73 Å². The van der Waals surface area contributed by atoms with Crippen molar-refractivity contribution in [3.05, 3.63) is 71.9 Å². The molecule has 132 valence electrons. The number of aromatic nitrogens is 2. The SMILES string of the molecule is NC(=O)c1cccc(Nc2ncc([NH2+]O)c(NCc3ccccc3)n2)c1. The molecular formula is C18H19N6O2+. The number of benzene rings is 2. The number of anilines is 3. The molecule has 0 radical (unpaired) electrons. The molecule has 26 heavy (non-hydrogen) atoms. The Balaban J connectivity index is 1.78. The Labute approximate surface area is 150 Å². The van der Waals surface area contributed by atoms with Gasteiger partial charge in [-0.1, -0.05) is 36.4 Å². The summed E-state index contributed by atoms with van der Waals surface area (Å²) in [6.07, 6.45) is 1.50. The normalized spacial score (nSPS) is 10.3. The first-order chi connectivity index (χ1) is 12.7. The van der Waals surface area contributed by atoms with Crippen molar-refractivity contribution in [3.8, 4) is 0 Å². The van der Waals surface area contributed by atoms with Crippen molar-refractivity contribution in [1.29, 1.82) is 0 Å². The Morgan fingerprint density at radius 1 is 1.15 bits per heavy atom. The Hall–Kier alpha value is -3.49. The van der Waals surface area contributed by atoms with Crippen LogP contribution in [-0.2, 0) is 6.54 Å². The van der Waals surface area contributed by atoms with Crippen LogP contribution in [-0.4, -0.2) is 21.1 Å². The molecule has 0 saturated heterocycles. The Morgan fingerprint density at radius 3 is 2.69 bits per heavy atom. The fourth-order valence-electron chi connectivity index (χ4n) is 2.35. The third-order valence-electron chi connectivity index (χ3n) is 3.66. The molecule has 0 aliphatic rings. The van der Waals surface area contributed by atoms with Gasteiger partial charge < -0.3 is 16.4 Å². The standard InChI is InChI=1S/C18H18N6O2/c19-16(25)13-7-4-8-14(9-13)22-18-21-11-15(24-26)17(23-18)20-10-12-5-2-1-3-6-12/h1-9,11,24,26H,10H2,(H2,19,25)(H2,20,21,22,23)/p+1. The smallest absolute Gasteiger partial charge is 0.248 e. The monoisotopic (exact) mass is 351 g/mol. The number of quaternary nitrogens is 1. The summed E-state index contributed by atoms with van der Waals surface area (Å²) in [5.41, 5.74) is 8.82. The van der Waals surface area contributed by atoms with Gasteiger partial charge in [0.05, 0.1) is 6.20 Å². The molecule has 8 nitrogen and oxygen atoms in total. The minimum absolute atomic E-state index is 0.327. The quantitative estimate of drug-likeness (QED) is 0.410. The van der Waals surface area contributed by atoms with Gasteiger partial charge in [0.15, 0.2) is 5.82 Å². The van der Waals surface area contributed by atoms with Crippen LogP contribution in [0.5, 0.6) is 0 Å². The van der Waals surface area contributed by atoms with Crippen molar-refractivity contribution in [3.63, 3.8) is 0 Å². The molecule has 3 aromatic rings. The van der Waals surface area contributed by atoms with E-state index in [-0.39, 0.29) is 0 Å². The second kappa shape index (κ2) is 8.06. The van der Waals surface area contributed by atoms with Crippen molar-refractivity contribution in [2.75, 3.05) is 10.6 Å². The van der Waals surface area contributed by atoms with Crippen molar-refractivity contribution in [1.82, 2.24) is 9.97 Å². The third-order valence-corrected chi connectivity index (χ3v) is 3.66. The van der Waals surface area contributed by atoms with Crippen LogP contribution in [0.3, 0.4) is 0 Å². The van der Waals surface area contributed by atoms with E-state index in [2.05, 4.69) is 20.6 Å². The highest BCUT2D eigenvalue weighted by Crippen LogP contribution is 2.19. The summed E-state index contributed by atoms with van der Waals surface area (Å²) in [5, 5.41) is 15.6. The van der Waals surface area contributed by atoms with E-state index < -0.39 is 5.91 Å². The molecule has 0 aliphatic heterocycles. The van der Waals surface area contributed by atoms with Crippen LogP contribution in [0.2, 0.25) is 0 Å². The van der Waals surface area contributed by atoms with E-state index in [1.54, 1.807) is 24.3 Å². The van der Waals surface area contributed by atoms with E-state index >= 15 is 0 Å². The number of amides is 1. The molecule has 8 heteroatoms. The number of hydrogen-bond donors (Lipinski definition) is 5. The fourth-order valence-corrected chi connectivity index (χ4v) is 2.35. The number of rotatable bonds is 7. The lowest BCUT2D eigenvalue weighted by molar-refractivity contribution is -0.825. The van der Waals surface area contributed by atoms with Gasteiger partial charge in [-0.25, -0.2) is 10.2 Å². The van der Waals surface area contributed by atoms with Crippen LogP contribution < -0.4 is 21.8 Å². The van der Waals surface area contributed by atoms with Gasteiger partial charge in [0.1, 0.15) is 0 Å². The molecule has 0 unspecified atom stereocenters. The summed E-state index contributed by atoms with van der Waals surface area (Å²) in [4.78, 5) is 19.8. The van der Waals surface area contributed by atoms with Gasteiger partial charge >= 0.3 is 0 Å². The molecule has 0 saturated carbocycles. The number of nitrogens with two attached hydrogens (primary N) is 2. The Bertz CT molecular complexity index is 901. The molecule has 0 atom stereocenters. The third kappa shape index (κ3) is 4.32. The fraction of sp³-hybridized carbons (Fsp3) is 0.0556. The number of hydrogen-bond acceptors (Lipinski definition) is 6. The summed E-state index contributed by atoms with van der Waals surface area (Å²) in [6.45, 7) is 0.551. The van der Waals surface area contributed by atoms with Crippen LogP contribution in [0.15, 0.2) is 60.8 Å². The Kier molecular flexibility index (Phi) is 5.37. The molecule has 1 heterocycles. The summed E-state index contributed by atoms with van der Waals surface area (Å²) in [6, 6.07) is 16.6. The van der Waals surface area contributed by atoms with E-state index in [1.165, 1.54) is 6.20 Å². The van der Waals surface area contributed by atoms with Crippen LogP contribution in [0.1, 0.15) is 15.9 Å². The van der Waals surface area contributed by atoms with E-state index in [0.717, 1.165) is 11.0 Å². The zero-order valence-corrected chi connectivity index (χ0v) is 13.9. The first-order valence-electron chi connectivity index (χ1n) is 7.95. The first kappa shape index (κ1) is 17.3. The van der Waals surface area contributed by atoms with Gasteiger partial charge in [-0.3, -0.25) is 4.79 Å². The molecule has 0 bridgehead atoms. The van der Waals surface area contributed by atoms with E-state index in [4.69, 9.17) is 5.73 Å². The minimum atomic E-state index is -0.509. The van der Waals surface area contributed by atoms with E-state index in [0.29, 0.717) is 35.2 Å². The molecule has 0 spiro atoms. The maximum atomic E-state index is 11.3. The van der Waals surface area contributed by atoms with Crippen molar-refractivity contribution in [2.45, 2.75) is 6.54 Å². The first-order valence-corrected chi connectivity index (χ1v) is 7.95. The highest BCUT2D eigenvalue weighted by atomic mass is 16.5. The number of primary amides is 1. The van der Waals surface area contributed by atoms with Gasteiger partial charge in [0.25, 0.3) is 0 Å². The average Bonchev–Trinajstić information content (AvgIpc) is 2.67. The van der Waals surface area contributed by atoms with Gasteiger partial charge in [-0.15, -0.1) is 0 Å². The van der Waals surface area contributed by atoms with Crippen molar-refractivity contribution >= 4 is 29.0 Å². The van der Waals surface area contributed by atoms with Crippen LogP contribution >= 0.6 is 0 Å². The van der Waals surface area contributed by atoms with Crippen molar-refractivity contribution < 1.29 is 15.5 Å². The van der Waals surface area contributed by atoms with E-state index in [9.17, 15) is 10.0 Å². The predicted octanol–water partition coefficient (Wildman–Crippen LogP) is 1.52. The second-order valence-electron chi connectivity index (χ2n) is 5.54.